The number of anilines is 1. The summed E-state index contributed by atoms with van der Waals surface area (Å²) in [6.45, 7) is 1.69. The molecule has 150 valence electrons. The molecular weight excluding hydrogens is 393 g/mol. The predicted octanol–water partition coefficient (Wildman–Crippen LogP) is 3.92. The summed E-state index contributed by atoms with van der Waals surface area (Å²) in [6.07, 6.45) is -2.13. The number of aryl methyl sites for hydroxylation is 1. The Bertz CT molecular complexity index is 1010. The van der Waals surface area contributed by atoms with E-state index >= 15 is 0 Å². The normalized spacial score (nSPS) is 12.5. The van der Waals surface area contributed by atoms with Gasteiger partial charge in [0, 0.05) is 25.9 Å². The van der Waals surface area contributed by atoms with E-state index in [1.807, 2.05) is 0 Å². The average molecular weight is 412 g/mol. The van der Waals surface area contributed by atoms with Crippen molar-refractivity contribution in [2.24, 2.45) is 0 Å². The third-order valence-corrected chi connectivity index (χ3v) is 5.70. The highest BCUT2D eigenvalue weighted by molar-refractivity contribution is 7.89. The Morgan fingerprint density at radius 3 is 2.39 bits per heavy atom. The number of carbonyl (C=O) groups excluding carboxylic acids is 1. The van der Waals surface area contributed by atoms with Gasteiger partial charge in [0.25, 0.3) is 0 Å². The molecule has 0 aliphatic carbocycles. The predicted molar refractivity (Wildman–Crippen MR) is 101 cm³/mol. The van der Waals surface area contributed by atoms with Gasteiger partial charge in [0.15, 0.2) is 0 Å². The van der Waals surface area contributed by atoms with E-state index in [-0.39, 0.29) is 10.5 Å². The Morgan fingerprint density at radius 2 is 1.79 bits per heavy atom. The lowest BCUT2D eigenvalue weighted by Gasteiger charge is -2.14. The molecule has 1 amide bonds. The Balaban J connectivity index is 2.21. The first kappa shape index (κ1) is 21.6. The van der Waals surface area contributed by atoms with E-state index in [4.69, 9.17) is 0 Å². The standard InChI is InChI=1S/C19H19F3N2O3S/c1-13-7-9-16(28(26,27)24(2)3)12-17(13)23-18(25)10-8-14-5-4-6-15(11-14)19(20,21)22/h4-12H,1-3H3,(H,23,25)/b10-8+. The minimum absolute atomic E-state index is 0.0141. The Labute approximate surface area is 161 Å². The molecule has 0 heterocycles. The van der Waals surface area contributed by atoms with Crippen LogP contribution in [0.2, 0.25) is 0 Å². The lowest BCUT2D eigenvalue weighted by molar-refractivity contribution is -0.137. The molecule has 28 heavy (non-hydrogen) atoms. The van der Waals surface area contributed by atoms with Crippen molar-refractivity contribution < 1.29 is 26.4 Å². The van der Waals surface area contributed by atoms with Crippen LogP contribution in [-0.2, 0) is 21.0 Å². The molecule has 1 N–H and O–H groups in total. The minimum atomic E-state index is -4.47. The number of sulfonamides is 1. The van der Waals surface area contributed by atoms with E-state index in [9.17, 15) is 26.4 Å². The fourth-order valence-electron chi connectivity index (χ4n) is 2.27. The minimum Gasteiger partial charge on any atom is -0.322 e. The van der Waals surface area contributed by atoms with Crippen molar-refractivity contribution in [3.8, 4) is 0 Å². The molecule has 0 atom stereocenters. The maximum absolute atomic E-state index is 12.7. The number of nitrogens with zero attached hydrogens (tertiary/aromatic N) is 1. The third kappa shape index (κ3) is 5.20. The highest BCUT2D eigenvalue weighted by atomic mass is 32.2. The second-order valence-electron chi connectivity index (χ2n) is 6.21. The summed E-state index contributed by atoms with van der Waals surface area (Å²) in [5.74, 6) is -0.597. The van der Waals surface area contributed by atoms with E-state index < -0.39 is 27.7 Å². The molecule has 0 aliphatic rings. The summed E-state index contributed by atoms with van der Waals surface area (Å²) in [7, 11) is -0.880. The van der Waals surface area contributed by atoms with Crippen molar-refractivity contribution in [2.75, 3.05) is 19.4 Å². The molecule has 0 aliphatic heterocycles. The van der Waals surface area contributed by atoms with Gasteiger partial charge < -0.3 is 5.32 Å². The molecule has 2 aromatic carbocycles. The summed E-state index contributed by atoms with van der Waals surface area (Å²) in [5, 5.41) is 2.55. The first-order valence-corrected chi connectivity index (χ1v) is 9.55. The van der Waals surface area contributed by atoms with Crippen LogP contribution in [-0.4, -0.2) is 32.7 Å². The number of nitrogens with one attached hydrogen (secondary N) is 1. The van der Waals surface area contributed by atoms with Gasteiger partial charge in [-0.2, -0.15) is 13.2 Å². The molecule has 0 radical (unpaired) electrons. The number of hydrogen-bond donors (Lipinski definition) is 1. The smallest absolute Gasteiger partial charge is 0.322 e. The van der Waals surface area contributed by atoms with Crippen molar-refractivity contribution in [3.63, 3.8) is 0 Å². The van der Waals surface area contributed by atoms with Crippen molar-refractivity contribution in [1.82, 2.24) is 4.31 Å². The lowest BCUT2D eigenvalue weighted by atomic mass is 10.1. The SMILES string of the molecule is Cc1ccc(S(=O)(=O)N(C)C)cc1NC(=O)/C=C/c1cccc(C(F)(F)F)c1. The summed E-state index contributed by atoms with van der Waals surface area (Å²) in [6, 6.07) is 8.88. The third-order valence-electron chi connectivity index (χ3n) is 3.89. The number of benzene rings is 2. The molecule has 0 saturated heterocycles. The Morgan fingerprint density at radius 1 is 1.11 bits per heavy atom. The van der Waals surface area contributed by atoms with Crippen LogP contribution in [0.3, 0.4) is 0 Å². The maximum Gasteiger partial charge on any atom is 0.416 e. The van der Waals surface area contributed by atoms with Crippen molar-refractivity contribution in [3.05, 3.63) is 65.2 Å². The zero-order valence-corrected chi connectivity index (χ0v) is 16.2. The van der Waals surface area contributed by atoms with Crippen LogP contribution in [0.4, 0.5) is 18.9 Å². The maximum atomic E-state index is 12.7. The molecule has 2 rings (SSSR count). The van der Waals surface area contributed by atoms with Gasteiger partial charge in [-0.1, -0.05) is 18.2 Å². The molecule has 0 unspecified atom stereocenters. The van der Waals surface area contributed by atoms with Gasteiger partial charge in [0.05, 0.1) is 10.5 Å². The van der Waals surface area contributed by atoms with E-state index in [1.54, 1.807) is 13.0 Å². The van der Waals surface area contributed by atoms with Gasteiger partial charge in [0.2, 0.25) is 15.9 Å². The van der Waals surface area contributed by atoms with E-state index in [0.717, 1.165) is 22.5 Å². The van der Waals surface area contributed by atoms with Gasteiger partial charge in [-0.3, -0.25) is 4.79 Å². The lowest BCUT2D eigenvalue weighted by Crippen LogP contribution is -2.22. The molecule has 0 aromatic heterocycles. The van der Waals surface area contributed by atoms with Gasteiger partial charge in [-0.15, -0.1) is 0 Å². The number of carbonyl (C=O) groups is 1. The van der Waals surface area contributed by atoms with Crippen LogP contribution in [0.25, 0.3) is 6.08 Å². The fourth-order valence-corrected chi connectivity index (χ4v) is 3.20. The van der Waals surface area contributed by atoms with Gasteiger partial charge in [-0.25, -0.2) is 12.7 Å². The summed E-state index contributed by atoms with van der Waals surface area (Å²) >= 11 is 0. The van der Waals surface area contributed by atoms with Crippen LogP contribution in [0.5, 0.6) is 0 Å². The van der Waals surface area contributed by atoms with Crippen molar-refractivity contribution >= 4 is 27.7 Å². The topological polar surface area (TPSA) is 66.5 Å². The molecule has 0 saturated carbocycles. The number of rotatable bonds is 5. The highest BCUT2D eigenvalue weighted by Crippen LogP contribution is 2.29. The van der Waals surface area contributed by atoms with Crippen LogP contribution in [0.15, 0.2) is 53.4 Å². The van der Waals surface area contributed by atoms with Crippen LogP contribution in [0, 0.1) is 6.92 Å². The van der Waals surface area contributed by atoms with Crippen molar-refractivity contribution in [1.29, 1.82) is 0 Å². The van der Waals surface area contributed by atoms with Crippen molar-refractivity contribution in [2.45, 2.75) is 18.0 Å². The number of alkyl halides is 3. The summed E-state index contributed by atoms with van der Waals surface area (Å²) in [4.78, 5) is 12.1. The average Bonchev–Trinajstić information content (AvgIpc) is 2.61. The zero-order valence-electron chi connectivity index (χ0n) is 15.4. The molecule has 0 bridgehead atoms. The number of halogens is 3. The van der Waals surface area contributed by atoms with E-state index in [2.05, 4.69) is 5.32 Å². The monoisotopic (exact) mass is 412 g/mol. The molecule has 9 heteroatoms. The summed E-state index contributed by atoms with van der Waals surface area (Å²) < 4.78 is 63.7. The zero-order chi connectivity index (χ0) is 21.1. The molecular formula is C19H19F3N2O3S. The van der Waals surface area contributed by atoms with Crippen LogP contribution < -0.4 is 5.32 Å². The van der Waals surface area contributed by atoms with Crippen LogP contribution in [0.1, 0.15) is 16.7 Å². The van der Waals surface area contributed by atoms with Gasteiger partial charge in [0.1, 0.15) is 0 Å². The fraction of sp³-hybridized carbons (Fsp3) is 0.211. The second-order valence-corrected chi connectivity index (χ2v) is 8.36. The molecule has 2 aromatic rings. The number of amides is 1. The van der Waals surface area contributed by atoms with Gasteiger partial charge in [-0.05, 0) is 48.4 Å². The second kappa shape index (κ2) is 8.15. The molecule has 5 nitrogen and oxygen atoms in total. The van der Waals surface area contributed by atoms with Crippen LogP contribution >= 0.6 is 0 Å². The van der Waals surface area contributed by atoms with Gasteiger partial charge >= 0.3 is 6.18 Å². The van der Waals surface area contributed by atoms with E-state index in [1.165, 1.54) is 44.4 Å². The summed E-state index contributed by atoms with van der Waals surface area (Å²) in [5.41, 5.74) is 0.332. The Kier molecular flexibility index (Phi) is 6.30. The first-order valence-electron chi connectivity index (χ1n) is 8.11. The Hall–Kier alpha value is -2.65. The highest BCUT2D eigenvalue weighted by Gasteiger charge is 2.30. The quantitative estimate of drug-likeness (QED) is 0.757. The molecule has 0 fully saturated rings. The first-order chi connectivity index (χ1) is 12.9. The molecule has 0 spiro atoms. The largest absolute Gasteiger partial charge is 0.416 e. The van der Waals surface area contributed by atoms with E-state index in [0.29, 0.717) is 11.3 Å². The number of hydrogen-bond acceptors (Lipinski definition) is 3.